The maximum absolute atomic E-state index is 12.8. The van der Waals surface area contributed by atoms with Gasteiger partial charge in [0.25, 0.3) is 5.91 Å². The van der Waals surface area contributed by atoms with E-state index >= 15 is 0 Å². The van der Waals surface area contributed by atoms with Crippen LogP contribution in [-0.4, -0.2) is 53.3 Å². The van der Waals surface area contributed by atoms with Gasteiger partial charge in [0.2, 0.25) is 0 Å². The first-order valence-corrected chi connectivity index (χ1v) is 9.46. The number of methoxy groups -OCH3 is 1. The van der Waals surface area contributed by atoms with Gasteiger partial charge in [0.15, 0.2) is 5.69 Å². The van der Waals surface area contributed by atoms with Gasteiger partial charge in [-0.1, -0.05) is 13.8 Å². The topological polar surface area (TPSA) is 104 Å². The predicted octanol–water partition coefficient (Wildman–Crippen LogP) is 2.52. The van der Waals surface area contributed by atoms with Crippen LogP contribution in [0.2, 0.25) is 0 Å². The Hall–Kier alpha value is -2.16. The molecule has 1 heterocycles. The van der Waals surface area contributed by atoms with Crippen LogP contribution < -0.4 is 15.8 Å². The minimum Gasteiger partial charge on any atom is -0.491 e. The van der Waals surface area contributed by atoms with Crippen LogP contribution in [0.15, 0.2) is 24.3 Å². The summed E-state index contributed by atoms with van der Waals surface area (Å²) in [4.78, 5) is 14.2. The number of aromatic nitrogens is 3. The van der Waals surface area contributed by atoms with Gasteiger partial charge in [0.05, 0.1) is 23.5 Å². The molecule has 0 fully saturated rings. The molecular formula is C20H32ClN5O3. The lowest BCUT2D eigenvalue weighted by Gasteiger charge is -2.30. The Morgan fingerprint density at radius 1 is 1.24 bits per heavy atom. The summed E-state index contributed by atoms with van der Waals surface area (Å²) in [5.41, 5.74) is 7.01. The molecule has 0 spiro atoms. The lowest BCUT2D eigenvalue weighted by atomic mass is 9.90. The number of aryl methyl sites for hydroxylation is 1. The van der Waals surface area contributed by atoms with Crippen LogP contribution in [0.25, 0.3) is 5.69 Å². The van der Waals surface area contributed by atoms with Crippen molar-refractivity contribution in [2.45, 2.75) is 39.7 Å². The summed E-state index contributed by atoms with van der Waals surface area (Å²) in [6, 6.07) is 7.34. The normalized spacial score (nSPS) is 12.9. The van der Waals surface area contributed by atoms with Gasteiger partial charge in [0.1, 0.15) is 12.4 Å². The molecule has 3 N–H and O–H groups in total. The van der Waals surface area contributed by atoms with Crippen LogP contribution in [-0.2, 0) is 4.74 Å². The number of nitrogens with two attached hydrogens (primary N) is 1. The first kappa shape index (κ1) is 24.9. The zero-order valence-corrected chi connectivity index (χ0v) is 18.6. The number of nitrogens with zero attached hydrogens (tertiary/aromatic N) is 3. The summed E-state index contributed by atoms with van der Waals surface area (Å²) in [7, 11) is 1.63. The zero-order valence-electron chi connectivity index (χ0n) is 17.8. The van der Waals surface area contributed by atoms with Crippen molar-refractivity contribution in [2.24, 2.45) is 11.7 Å². The molecular weight excluding hydrogens is 394 g/mol. The Morgan fingerprint density at radius 2 is 1.90 bits per heavy atom. The van der Waals surface area contributed by atoms with E-state index in [1.54, 1.807) is 14.0 Å². The fourth-order valence-corrected chi connectivity index (χ4v) is 3.04. The van der Waals surface area contributed by atoms with Crippen LogP contribution in [0.5, 0.6) is 5.75 Å². The maximum atomic E-state index is 12.8. The van der Waals surface area contributed by atoms with E-state index in [2.05, 4.69) is 29.4 Å². The van der Waals surface area contributed by atoms with Gasteiger partial charge in [-0.15, -0.1) is 17.5 Å². The van der Waals surface area contributed by atoms with Crippen molar-refractivity contribution in [1.29, 1.82) is 0 Å². The molecule has 0 saturated heterocycles. The number of carbonyl (C=O) groups excluding carboxylic acids is 1. The lowest BCUT2D eigenvalue weighted by molar-refractivity contribution is 0.0892. The lowest BCUT2D eigenvalue weighted by Crippen LogP contribution is -2.52. The van der Waals surface area contributed by atoms with Crippen LogP contribution in [0, 0.1) is 12.8 Å². The van der Waals surface area contributed by atoms with Crippen LogP contribution in [0.1, 0.15) is 43.4 Å². The Labute approximate surface area is 178 Å². The molecule has 2 aromatic rings. The molecule has 2 rings (SSSR count). The molecule has 0 saturated carbocycles. The fourth-order valence-electron chi connectivity index (χ4n) is 3.04. The smallest absolute Gasteiger partial charge is 0.274 e. The molecule has 9 heteroatoms. The first-order valence-electron chi connectivity index (χ1n) is 9.46. The fraction of sp³-hybridized carbons (Fsp3) is 0.550. The Morgan fingerprint density at radius 3 is 2.45 bits per heavy atom. The third-order valence-corrected chi connectivity index (χ3v) is 4.35. The first-order chi connectivity index (χ1) is 13.3. The molecule has 162 valence electrons. The van der Waals surface area contributed by atoms with Crippen LogP contribution in [0.3, 0.4) is 0 Å². The standard InChI is InChI=1S/C20H31N5O3.ClH/c1-14(2)12-20(4,13-21)22-19(26)18-15(3)23-25(24-18)16-6-8-17(9-7-16)28-11-10-27-5;/h6-9,14H,10-13,21H2,1-5H3,(H,22,26);1H. The molecule has 0 bridgehead atoms. The Bertz CT molecular complexity index is 779. The molecule has 1 amide bonds. The highest BCUT2D eigenvalue weighted by atomic mass is 35.5. The summed E-state index contributed by atoms with van der Waals surface area (Å²) >= 11 is 0. The van der Waals surface area contributed by atoms with E-state index in [9.17, 15) is 4.79 Å². The van der Waals surface area contributed by atoms with Gasteiger partial charge in [-0.2, -0.15) is 9.90 Å². The highest BCUT2D eigenvalue weighted by Gasteiger charge is 2.28. The summed E-state index contributed by atoms with van der Waals surface area (Å²) in [5, 5.41) is 11.8. The number of halogens is 1. The van der Waals surface area contributed by atoms with E-state index in [1.165, 1.54) is 4.80 Å². The molecule has 0 aliphatic carbocycles. The zero-order chi connectivity index (χ0) is 20.7. The average Bonchev–Trinajstić information content (AvgIpc) is 3.03. The SMILES string of the molecule is COCCOc1ccc(-n2nc(C)c(C(=O)NC(C)(CN)CC(C)C)n2)cc1.Cl. The molecule has 0 aliphatic heterocycles. The second-order valence-electron chi connectivity index (χ2n) is 7.58. The van der Waals surface area contributed by atoms with E-state index in [-0.39, 0.29) is 18.3 Å². The quantitative estimate of drug-likeness (QED) is 0.567. The number of hydrogen-bond acceptors (Lipinski definition) is 6. The van der Waals surface area contributed by atoms with Crippen molar-refractivity contribution < 1.29 is 14.3 Å². The number of amides is 1. The molecule has 1 unspecified atom stereocenters. The number of benzene rings is 1. The molecule has 8 nitrogen and oxygen atoms in total. The number of carbonyl (C=O) groups is 1. The van der Waals surface area contributed by atoms with E-state index in [0.29, 0.717) is 37.1 Å². The highest BCUT2D eigenvalue weighted by molar-refractivity contribution is 5.93. The second-order valence-corrected chi connectivity index (χ2v) is 7.58. The minimum absolute atomic E-state index is 0. The Balaban J connectivity index is 0.00000420. The number of ether oxygens (including phenoxy) is 2. The second kappa shape index (κ2) is 11.1. The largest absolute Gasteiger partial charge is 0.491 e. The number of nitrogens with one attached hydrogen (secondary N) is 1. The monoisotopic (exact) mass is 425 g/mol. The van der Waals surface area contributed by atoms with E-state index in [1.807, 2.05) is 31.2 Å². The molecule has 1 aromatic carbocycles. The van der Waals surface area contributed by atoms with E-state index in [0.717, 1.165) is 17.9 Å². The van der Waals surface area contributed by atoms with Gasteiger partial charge < -0.3 is 20.5 Å². The van der Waals surface area contributed by atoms with Crippen LogP contribution >= 0.6 is 12.4 Å². The molecule has 0 aliphatic rings. The molecule has 0 radical (unpaired) electrons. The van der Waals surface area contributed by atoms with Crippen molar-refractivity contribution in [2.75, 3.05) is 26.9 Å². The van der Waals surface area contributed by atoms with E-state index < -0.39 is 5.54 Å². The van der Waals surface area contributed by atoms with Gasteiger partial charge in [-0.3, -0.25) is 4.79 Å². The highest BCUT2D eigenvalue weighted by Crippen LogP contribution is 2.18. The third kappa shape index (κ3) is 6.99. The van der Waals surface area contributed by atoms with Gasteiger partial charge in [-0.05, 0) is 50.5 Å². The van der Waals surface area contributed by atoms with Crippen LogP contribution in [0.4, 0.5) is 0 Å². The number of rotatable bonds is 10. The summed E-state index contributed by atoms with van der Waals surface area (Å²) in [6.07, 6.45) is 0.785. The Kier molecular flexibility index (Phi) is 9.55. The average molecular weight is 426 g/mol. The van der Waals surface area contributed by atoms with Gasteiger partial charge >= 0.3 is 0 Å². The minimum atomic E-state index is -0.483. The van der Waals surface area contributed by atoms with Crippen molar-refractivity contribution in [3.8, 4) is 11.4 Å². The van der Waals surface area contributed by atoms with Crippen molar-refractivity contribution in [3.05, 3.63) is 35.7 Å². The van der Waals surface area contributed by atoms with Crippen molar-refractivity contribution in [3.63, 3.8) is 0 Å². The summed E-state index contributed by atoms with van der Waals surface area (Å²) in [6.45, 7) is 9.28. The van der Waals surface area contributed by atoms with Crippen molar-refractivity contribution >= 4 is 18.3 Å². The third-order valence-electron chi connectivity index (χ3n) is 4.35. The summed E-state index contributed by atoms with van der Waals surface area (Å²) < 4.78 is 10.5. The van der Waals surface area contributed by atoms with E-state index in [4.69, 9.17) is 15.2 Å². The molecule has 1 aromatic heterocycles. The number of hydrogen-bond donors (Lipinski definition) is 2. The predicted molar refractivity (Wildman–Crippen MR) is 115 cm³/mol. The maximum Gasteiger partial charge on any atom is 0.274 e. The van der Waals surface area contributed by atoms with Crippen molar-refractivity contribution in [1.82, 2.24) is 20.3 Å². The summed E-state index contributed by atoms with van der Waals surface area (Å²) in [5.74, 6) is 0.877. The molecule has 29 heavy (non-hydrogen) atoms. The van der Waals surface area contributed by atoms with Gasteiger partial charge in [-0.25, -0.2) is 0 Å². The molecule has 1 atom stereocenters. The van der Waals surface area contributed by atoms with Gasteiger partial charge in [0, 0.05) is 13.7 Å².